The standard InChI is InChI=1S/C26H30N4O2/c1-20(22-6-4-3-5-7-22)32-25-13-10-23(18-27-25)26(31)28-24-11-8-21(9-12-24)19-30-16-14-29(2)15-17-30/h3-13,18,20H,14-17,19H2,1-2H3,(H,28,31). The predicted octanol–water partition coefficient (Wildman–Crippen LogP) is 4.22. The fourth-order valence-electron chi connectivity index (χ4n) is 3.72. The average molecular weight is 431 g/mol. The number of carbonyl (C=O) groups excluding carboxylic acids is 1. The molecular weight excluding hydrogens is 400 g/mol. The second-order valence-corrected chi connectivity index (χ2v) is 8.29. The van der Waals surface area contributed by atoms with E-state index in [4.69, 9.17) is 4.74 Å². The average Bonchev–Trinajstić information content (AvgIpc) is 2.83. The number of ether oxygens (including phenoxy) is 1. The maximum absolute atomic E-state index is 12.6. The summed E-state index contributed by atoms with van der Waals surface area (Å²) in [6, 6.07) is 21.5. The molecule has 32 heavy (non-hydrogen) atoms. The van der Waals surface area contributed by atoms with Gasteiger partial charge in [0.15, 0.2) is 0 Å². The lowest BCUT2D eigenvalue weighted by Gasteiger charge is -2.32. The molecule has 1 saturated heterocycles. The van der Waals surface area contributed by atoms with Crippen LogP contribution in [-0.4, -0.2) is 53.9 Å². The highest BCUT2D eigenvalue weighted by atomic mass is 16.5. The van der Waals surface area contributed by atoms with Crippen LogP contribution in [0.1, 0.15) is 34.5 Å². The Morgan fingerprint density at radius 2 is 1.72 bits per heavy atom. The van der Waals surface area contributed by atoms with Crippen LogP contribution in [0.2, 0.25) is 0 Å². The number of carbonyl (C=O) groups is 1. The molecule has 4 rings (SSSR count). The Hall–Kier alpha value is -3.22. The molecule has 1 unspecified atom stereocenters. The van der Waals surface area contributed by atoms with Crippen LogP contribution in [-0.2, 0) is 6.54 Å². The first kappa shape index (κ1) is 22.0. The van der Waals surface area contributed by atoms with Gasteiger partial charge in [-0.3, -0.25) is 9.69 Å². The van der Waals surface area contributed by atoms with E-state index in [1.165, 1.54) is 5.56 Å². The molecule has 0 bridgehead atoms. The highest BCUT2D eigenvalue weighted by Crippen LogP contribution is 2.20. The van der Waals surface area contributed by atoms with E-state index in [1.807, 2.05) is 49.4 Å². The van der Waals surface area contributed by atoms with Crippen LogP contribution in [0.3, 0.4) is 0 Å². The first-order valence-corrected chi connectivity index (χ1v) is 11.1. The fraction of sp³-hybridized carbons (Fsp3) is 0.308. The molecule has 0 radical (unpaired) electrons. The molecule has 1 fully saturated rings. The SMILES string of the molecule is CC(Oc1ccc(C(=O)Nc2ccc(CN3CCN(C)CC3)cc2)cn1)c1ccccc1. The summed E-state index contributed by atoms with van der Waals surface area (Å²) < 4.78 is 5.89. The lowest BCUT2D eigenvalue weighted by molar-refractivity contribution is 0.102. The van der Waals surface area contributed by atoms with Crippen molar-refractivity contribution >= 4 is 11.6 Å². The summed E-state index contributed by atoms with van der Waals surface area (Å²) in [5.41, 5.74) is 3.59. The quantitative estimate of drug-likeness (QED) is 0.608. The third kappa shape index (κ3) is 5.93. The Labute approximate surface area is 189 Å². The van der Waals surface area contributed by atoms with Crippen LogP contribution >= 0.6 is 0 Å². The van der Waals surface area contributed by atoms with Crippen LogP contribution in [0.15, 0.2) is 72.9 Å². The monoisotopic (exact) mass is 430 g/mol. The van der Waals surface area contributed by atoms with Crippen molar-refractivity contribution < 1.29 is 9.53 Å². The summed E-state index contributed by atoms with van der Waals surface area (Å²) in [5.74, 6) is 0.304. The van der Waals surface area contributed by atoms with Gasteiger partial charge < -0.3 is 15.0 Å². The Balaban J connectivity index is 1.29. The van der Waals surface area contributed by atoms with Crippen molar-refractivity contribution in [2.75, 3.05) is 38.5 Å². The van der Waals surface area contributed by atoms with E-state index < -0.39 is 0 Å². The molecule has 6 nitrogen and oxygen atoms in total. The molecule has 6 heteroatoms. The topological polar surface area (TPSA) is 57.7 Å². The molecular formula is C26H30N4O2. The largest absolute Gasteiger partial charge is 0.470 e. The number of hydrogen-bond acceptors (Lipinski definition) is 5. The minimum Gasteiger partial charge on any atom is -0.470 e. The molecule has 2 aromatic carbocycles. The van der Waals surface area contributed by atoms with Gasteiger partial charge >= 0.3 is 0 Å². The van der Waals surface area contributed by atoms with Gasteiger partial charge in [-0.1, -0.05) is 42.5 Å². The molecule has 0 saturated carbocycles. The molecule has 1 atom stereocenters. The van der Waals surface area contributed by atoms with Gasteiger partial charge in [0.25, 0.3) is 5.91 Å². The minimum atomic E-state index is -0.188. The molecule has 166 valence electrons. The predicted molar refractivity (Wildman–Crippen MR) is 127 cm³/mol. The third-order valence-electron chi connectivity index (χ3n) is 5.78. The molecule has 0 aliphatic carbocycles. The van der Waals surface area contributed by atoms with Crippen LogP contribution in [0.25, 0.3) is 0 Å². The molecule has 1 aliphatic heterocycles. The lowest BCUT2D eigenvalue weighted by Crippen LogP contribution is -2.43. The summed E-state index contributed by atoms with van der Waals surface area (Å²) in [4.78, 5) is 21.7. The van der Waals surface area contributed by atoms with Crippen molar-refractivity contribution in [2.24, 2.45) is 0 Å². The Morgan fingerprint density at radius 3 is 2.38 bits per heavy atom. The van der Waals surface area contributed by atoms with E-state index >= 15 is 0 Å². The Bertz CT molecular complexity index is 998. The molecule has 2 heterocycles. The minimum absolute atomic E-state index is 0.118. The zero-order valence-electron chi connectivity index (χ0n) is 18.7. The van der Waals surface area contributed by atoms with E-state index in [0.29, 0.717) is 11.4 Å². The smallest absolute Gasteiger partial charge is 0.257 e. The first-order chi connectivity index (χ1) is 15.6. The van der Waals surface area contributed by atoms with Crippen molar-refractivity contribution in [1.82, 2.24) is 14.8 Å². The number of amides is 1. The molecule has 3 aromatic rings. The molecule has 1 N–H and O–H groups in total. The van der Waals surface area contributed by atoms with Crippen LogP contribution in [0, 0.1) is 0 Å². The van der Waals surface area contributed by atoms with E-state index in [0.717, 1.165) is 44.0 Å². The van der Waals surface area contributed by atoms with Gasteiger partial charge in [-0.05, 0) is 43.3 Å². The number of rotatable bonds is 7. The maximum atomic E-state index is 12.6. The first-order valence-electron chi connectivity index (χ1n) is 11.1. The lowest BCUT2D eigenvalue weighted by atomic mass is 10.1. The van der Waals surface area contributed by atoms with Gasteiger partial charge in [-0.2, -0.15) is 0 Å². The van der Waals surface area contributed by atoms with Gasteiger partial charge in [0, 0.05) is 50.7 Å². The number of pyridine rings is 1. The van der Waals surface area contributed by atoms with E-state index in [2.05, 4.69) is 39.3 Å². The van der Waals surface area contributed by atoms with Crippen molar-refractivity contribution in [2.45, 2.75) is 19.6 Å². The molecule has 1 aliphatic rings. The zero-order valence-corrected chi connectivity index (χ0v) is 18.7. The van der Waals surface area contributed by atoms with Gasteiger partial charge in [-0.25, -0.2) is 4.98 Å². The zero-order chi connectivity index (χ0) is 22.3. The maximum Gasteiger partial charge on any atom is 0.257 e. The van der Waals surface area contributed by atoms with E-state index in [-0.39, 0.29) is 12.0 Å². The van der Waals surface area contributed by atoms with Crippen LogP contribution in [0.5, 0.6) is 5.88 Å². The summed E-state index contributed by atoms with van der Waals surface area (Å²) in [7, 11) is 2.16. The molecule has 1 aromatic heterocycles. The van der Waals surface area contributed by atoms with Crippen LogP contribution in [0.4, 0.5) is 5.69 Å². The van der Waals surface area contributed by atoms with Gasteiger partial charge in [-0.15, -0.1) is 0 Å². The molecule has 1 amide bonds. The normalized spacial score (nSPS) is 15.8. The van der Waals surface area contributed by atoms with Crippen molar-refractivity contribution in [3.8, 4) is 5.88 Å². The van der Waals surface area contributed by atoms with Crippen molar-refractivity contribution in [1.29, 1.82) is 0 Å². The summed E-state index contributed by atoms with van der Waals surface area (Å²) in [5, 5.41) is 2.94. The van der Waals surface area contributed by atoms with Crippen molar-refractivity contribution in [3.05, 3.63) is 89.6 Å². The van der Waals surface area contributed by atoms with E-state index in [1.54, 1.807) is 18.3 Å². The number of likely N-dealkylation sites (N-methyl/N-ethyl adjacent to an activating group) is 1. The number of anilines is 1. The highest BCUT2D eigenvalue weighted by molar-refractivity contribution is 6.04. The number of benzene rings is 2. The molecule has 0 spiro atoms. The fourth-order valence-corrected chi connectivity index (χ4v) is 3.72. The Kier molecular flexibility index (Phi) is 7.14. The van der Waals surface area contributed by atoms with Crippen molar-refractivity contribution in [3.63, 3.8) is 0 Å². The van der Waals surface area contributed by atoms with Gasteiger partial charge in [0.2, 0.25) is 5.88 Å². The number of piperazine rings is 1. The second kappa shape index (κ2) is 10.4. The van der Waals surface area contributed by atoms with Crippen LogP contribution < -0.4 is 10.1 Å². The second-order valence-electron chi connectivity index (χ2n) is 8.29. The number of nitrogens with zero attached hydrogens (tertiary/aromatic N) is 3. The van der Waals surface area contributed by atoms with Gasteiger partial charge in [0.1, 0.15) is 6.10 Å². The number of nitrogens with one attached hydrogen (secondary N) is 1. The summed E-state index contributed by atoms with van der Waals surface area (Å²) in [6.45, 7) is 7.31. The summed E-state index contributed by atoms with van der Waals surface area (Å²) in [6.07, 6.45) is 1.43. The van der Waals surface area contributed by atoms with E-state index in [9.17, 15) is 4.79 Å². The Morgan fingerprint density at radius 1 is 1.00 bits per heavy atom. The number of hydrogen-bond donors (Lipinski definition) is 1. The summed E-state index contributed by atoms with van der Waals surface area (Å²) >= 11 is 0. The number of aromatic nitrogens is 1. The third-order valence-corrected chi connectivity index (χ3v) is 5.78. The van der Waals surface area contributed by atoms with Gasteiger partial charge in [0.05, 0.1) is 5.56 Å². The highest BCUT2D eigenvalue weighted by Gasteiger charge is 2.14.